The summed E-state index contributed by atoms with van der Waals surface area (Å²) in [5, 5.41) is 0. The number of hydrogen-bond acceptors (Lipinski definition) is 1. The van der Waals surface area contributed by atoms with Crippen LogP contribution in [0.25, 0.3) is 0 Å². The first kappa shape index (κ1) is 8.38. The molecule has 0 radical (unpaired) electrons. The van der Waals surface area contributed by atoms with Gasteiger partial charge in [0.15, 0.2) is 0 Å². The summed E-state index contributed by atoms with van der Waals surface area (Å²) in [7, 11) is 0. The van der Waals surface area contributed by atoms with Gasteiger partial charge in [0.2, 0.25) is 0 Å². The van der Waals surface area contributed by atoms with Crippen LogP contribution in [0.1, 0.15) is 33.1 Å². The molecular formula is C10H16O. The van der Waals surface area contributed by atoms with Crippen LogP contribution in [0.3, 0.4) is 0 Å². The predicted molar refractivity (Wildman–Crippen MR) is 47.3 cm³/mol. The molecule has 0 aromatic heterocycles. The molecule has 0 aromatic carbocycles. The summed E-state index contributed by atoms with van der Waals surface area (Å²) in [5.41, 5.74) is 1.37. The van der Waals surface area contributed by atoms with Gasteiger partial charge in [0, 0.05) is 0 Å². The summed E-state index contributed by atoms with van der Waals surface area (Å²) in [4.78, 5) is 0. The second-order valence-corrected chi connectivity index (χ2v) is 2.66. The third-order valence-corrected chi connectivity index (χ3v) is 1.88. The van der Waals surface area contributed by atoms with Crippen LogP contribution in [0.2, 0.25) is 0 Å². The van der Waals surface area contributed by atoms with Crippen molar-refractivity contribution in [1.29, 1.82) is 0 Å². The van der Waals surface area contributed by atoms with Crippen LogP contribution in [0.15, 0.2) is 23.5 Å². The van der Waals surface area contributed by atoms with Crippen molar-refractivity contribution in [3.05, 3.63) is 23.5 Å². The van der Waals surface area contributed by atoms with Gasteiger partial charge < -0.3 is 4.74 Å². The molecule has 1 rings (SSSR count). The summed E-state index contributed by atoms with van der Waals surface area (Å²) in [6.45, 7) is 4.98. The lowest BCUT2D eigenvalue weighted by molar-refractivity contribution is 0.233. The Balaban J connectivity index is 2.59. The maximum atomic E-state index is 5.48. The lowest BCUT2D eigenvalue weighted by atomic mass is 10.0. The van der Waals surface area contributed by atoms with Crippen molar-refractivity contribution in [2.24, 2.45) is 0 Å². The molecule has 0 aliphatic heterocycles. The van der Waals surface area contributed by atoms with Gasteiger partial charge >= 0.3 is 0 Å². The van der Waals surface area contributed by atoms with Crippen molar-refractivity contribution in [2.75, 3.05) is 6.61 Å². The molecule has 1 aliphatic rings. The first-order valence-electron chi connectivity index (χ1n) is 4.40. The standard InChI is InChI=1S/C10H16O/c1-3-9-7-5-6-8-10(9)11-4-2/h7-8H,3-6H2,1-2H3. The monoisotopic (exact) mass is 152 g/mol. The van der Waals surface area contributed by atoms with E-state index in [1.807, 2.05) is 6.92 Å². The van der Waals surface area contributed by atoms with E-state index in [0.717, 1.165) is 25.2 Å². The van der Waals surface area contributed by atoms with E-state index in [-0.39, 0.29) is 0 Å². The average Bonchev–Trinajstić information content (AvgIpc) is 2.06. The maximum Gasteiger partial charge on any atom is 0.118 e. The Kier molecular flexibility index (Phi) is 3.21. The molecule has 0 fully saturated rings. The SMILES string of the molecule is CCOC1=CCCC=C1CC. The van der Waals surface area contributed by atoms with Crippen molar-refractivity contribution >= 4 is 0 Å². The molecule has 0 spiro atoms. The second kappa shape index (κ2) is 4.22. The molecule has 0 atom stereocenters. The molecule has 0 saturated carbocycles. The van der Waals surface area contributed by atoms with Crippen molar-refractivity contribution in [2.45, 2.75) is 33.1 Å². The number of allylic oxidation sites excluding steroid dienone is 3. The normalized spacial score (nSPS) is 17.3. The largest absolute Gasteiger partial charge is 0.494 e. The molecule has 0 N–H and O–H groups in total. The Morgan fingerprint density at radius 2 is 2.00 bits per heavy atom. The molecule has 0 unspecified atom stereocenters. The summed E-state index contributed by atoms with van der Waals surface area (Å²) in [5.74, 6) is 1.11. The van der Waals surface area contributed by atoms with Crippen LogP contribution in [0, 0.1) is 0 Å². The lowest BCUT2D eigenvalue weighted by Crippen LogP contribution is -1.98. The van der Waals surface area contributed by atoms with Gasteiger partial charge in [-0.2, -0.15) is 0 Å². The Morgan fingerprint density at radius 3 is 2.64 bits per heavy atom. The van der Waals surface area contributed by atoms with Crippen LogP contribution < -0.4 is 0 Å². The van der Waals surface area contributed by atoms with Crippen LogP contribution in [0.5, 0.6) is 0 Å². The highest BCUT2D eigenvalue weighted by Gasteiger charge is 2.06. The van der Waals surface area contributed by atoms with Crippen molar-refractivity contribution < 1.29 is 4.74 Å². The van der Waals surface area contributed by atoms with Crippen molar-refractivity contribution in [3.63, 3.8) is 0 Å². The van der Waals surface area contributed by atoms with Crippen LogP contribution in [-0.2, 0) is 4.74 Å². The van der Waals surface area contributed by atoms with Gasteiger partial charge in [-0.05, 0) is 37.8 Å². The first-order valence-corrected chi connectivity index (χ1v) is 4.40. The van der Waals surface area contributed by atoms with Crippen LogP contribution >= 0.6 is 0 Å². The van der Waals surface area contributed by atoms with E-state index in [4.69, 9.17) is 4.74 Å². The molecule has 1 heteroatoms. The highest BCUT2D eigenvalue weighted by atomic mass is 16.5. The quantitative estimate of drug-likeness (QED) is 0.604. The Morgan fingerprint density at radius 1 is 1.27 bits per heavy atom. The molecule has 0 saturated heterocycles. The topological polar surface area (TPSA) is 9.23 Å². The zero-order valence-corrected chi connectivity index (χ0v) is 7.39. The van der Waals surface area contributed by atoms with Gasteiger partial charge in [-0.15, -0.1) is 0 Å². The molecule has 0 bridgehead atoms. The molecule has 62 valence electrons. The molecule has 1 aliphatic carbocycles. The van der Waals surface area contributed by atoms with Gasteiger partial charge in [-0.1, -0.05) is 13.0 Å². The second-order valence-electron chi connectivity index (χ2n) is 2.66. The predicted octanol–water partition coefficient (Wildman–Crippen LogP) is 3.04. The molecule has 1 nitrogen and oxygen atoms in total. The molecule has 0 amide bonds. The van der Waals surface area contributed by atoms with E-state index in [1.54, 1.807) is 0 Å². The van der Waals surface area contributed by atoms with Crippen LogP contribution in [-0.4, -0.2) is 6.61 Å². The van der Waals surface area contributed by atoms with Gasteiger partial charge in [-0.3, -0.25) is 0 Å². The summed E-state index contributed by atoms with van der Waals surface area (Å²) < 4.78 is 5.48. The van der Waals surface area contributed by atoms with Crippen molar-refractivity contribution in [1.82, 2.24) is 0 Å². The van der Waals surface area contributed by atoms with Gasteiger partial charge in [0.25, 0.3) is 0 Å². The fourth-order valence-corrected chi connectivity index (χ4v) is 1.33. The van der Waals surface area contributed by atoms with Crippen molar-refractivity contribution in [3.8, 4) is 0 Å². The number of rotatable bonds is 3. The number of hydrogen-bond donors (Lipinski definition) is 0. The third kappa shape index (κ3) is 2.11. The fraction of sp³-hybridized carbons (Fsp3) is 0.600. The summed E-state index contributed by atoms with van der Waals surface area (Å²) in [6.07, 6.45) is 7.89. The Labute approximate surface area is 68.8 Å². The molecule has 11 heavy (non-hydrogen) atoms. The molecule has 0 heterocycles. The minimum atomic E-state index is 0.781. The fourth-order valence-electron chi connectivity index (χ4n) is 1.33. The van der Waals surface area contributed by atoms with Gasteiger partial charge in [0.05, 0.1) is 6.61 Å². The van der Waals surface area contributed by atoms with E-state index in [2.05, 4.69) is 19.1 Å². The lowest BCUT2D eigenvalue weighted by Gasteiger charge is -2.14. The first-order chi connectivity index (χ1) is 5.38. The highest BCUT2D eigenvalue weighted by Crippen LogP contribution is 2.21. The van der Waals surface area contributed by atoms with E-state index >= 15 is 0 Å². The van der Waals surface area contributed by atoms with Gasteiger partial charge in [-0.25, -0.2) is 0 Å². The third-order valence-electron chi connectivity index (χ3n) is 1.88. The highest BCUT2D eigenvalue weighted by molar-refractivity contribution is 5.28. The molecular weight excluding hydrogens is 136 g/mol. The van der Waals surface area contributed by atoms with E-state index in [1.165, 1.54) is 12.0 Å². The minimum absolute atomic E-state index is 0.781. The Hall–Kier alpha value is -0.720. The summed E-state index contributed by atoms with van der Waals surface area (Å²) in [6, 6.07) is 0. The summed E-state index contributed by atoms with van der Waals surface area (Å²) >= 11 is 0. The van der Waals surface area contributed by atoms with E-state index < -0.39 is 0 Å². The average molecular weight is 152 g/mol. The zero-order chi connectivity index (χ0) is 8.10. The van der Waals surface area contributed by atoms with E-state index in [0.29, 0.717) is 0 Å². The number of ether oxygens (including phenoxy) is 1. The molecule has 0 aromatic rings. The Bertz CT molecular complexity index is 177. The van der Waals surface area contributed by atoms with Gasteiger partial charge in [0.1, 0.15) is 5.76 Å². The maximum absolute atomic E-state index is 5.48. The minimum Gasteiger partial charge on any atom is -0.494 e. The zero-order valence-electron chi connectivity index (χ0n) is 7.39. The smallest absolute Gasteiger partial charge is 0.118 e. The van der Waals surface area contributed by atoms with E-state index in [9.17, 15) is 0 Å². The van der Waals surface area contributed by atoms with Crippen LogP contribution in [0.4, 0.5) is 0 Å².